The number of para-hydroxylation sites is 1. The van der Waals surface area contributed by atoms with Crippen molar-refractivity contribution >= 4 is 23.7 Å². The number of carbonyl (C=O) groups excluding carboxylic acids is 2. The normalized spacial score (nSPS) is 11.3. The molecule has 0 bridgehead atoms. The third kappa shape index (κ3) is 6.18. The molecule has 36 heavy (non-hydrogen) atoms. The fourth-order valence-corrected chi connectivity index (χ4v) is 3.44. The molecule has 6 nitrogen and oxygen atoms in total. The molecule has 0 fully saturated rings. The minimum Gasteiger partial charge on any atom is -0.488 e. The Morgan fingerprint density at radius 1 is 0.722 bits per heavy atom. The predicted octanol–water partition coefficient (Wildman–Crippen LogP) is 5.76. The molecule has 0 aliphatic rings. The van der Waals surface area contributed by atoms with E-state index in [-0.39, 0.29) is 17.5 Å². The van der Waals surface area contributed by atoms with Crippen LogP contribution in [0.3, 0.4) is 0 Å². The Kier molecular flexibility index (Phi) is 8.12. The van der Waals surface area contributed by atoms with Gasteiger partial charge in [0.2, 0.25) is 5.78 Å². The maximum absolute atomic E-state index is 13.1. The van der Waals surface area contributed by atoms with E-state index < -0.39 is 0 Å². The molecule has 0 heterocycles. The van der Waals surface area contributed by atoms with Crippen molar-refractivity contribution < 1.29 is 19.1 Å². The molecule has 0 N–H and O–H groups in total. The lowest BCUT2D eigenvalue weighted by Crippen LogP contribution is -2.15. The fraction of sp³-hybridized carbons (Fsp3) is 0.0667. The number of esters is 1. The van der Waals surface area contributed by atoms with Crippen molar-refractivity contribution in [2.45, 2.75) is 6.61 Å². The first-order valence-corrected chi connectivity index (χ1v) is 11.3. The summed E-state index contributed by atoms with van der Waals surface area (Å²) in [6.45, 7) is 0.303. The van der Waals surface area contributed by atoms with Gasteiger partial charge in [0.05, 0.1) is 18.9 Å². The Bertz CT molecular complexity index is 1380. The SMILES string of the molecule is COC(=O)c1ccc(COc2ccccc2/C=N/N=C(/C(=O)c2ccccc2)c2ccccc2)cc1. The van der Waals surface area contributed by atoms with Gasteiger partial charge in [0, 0.05) is 16.7 Å². The van der Waals surface area contributed by atoms with E-state index in [9.17, 15) is 9.59 Å². The number of nitrogens with zero attached hydrogens (tertiary/aromatic N) is 2. The van der Waals surface area contributed by atoms with Crippen molar-refractivity contribution in [3.8, 4) is 5.75 Å². The van der Waals surface area contributed by atoms with E-state index in [0.717, 1.165) is 5.56 Å². The maximum Gasteiger partial charge on any atom is 0.337 e. The Hall–Kier alpha value is -4.84. The highest BCUT2D eigenvalue weighted by atomic mass is 16.5. The monoisotopic (exact) mass is 476 g/mol. The van der Waals surface area contributed by atoms with E-state index in [1.807, 2.05) is 84.9 Å². The molecule has 0 aromatic heterocycles. The van der Waals surface area contributed by atoms with Crippen molar-refractivity contribution in [3.05, 3.63) is 137 Å². The summed E-state index contributed by atoms with van der Waals surface area (Å²) in [5.41, 5.74) is 3.56. The van der Waals surface area contributed by atoms with Crippen LogP contribution in [-0.2, 0) is 11.3 Å². The van der Waals surface area contributed by atoms with Crippen molar-refractivity contribution in [2.24, 2.45) is 10.2 Å². The van der Waals surface area contributed by atoms with Crippen LogP contribution in [0.1, 0.15) is 37.4 Å². The van der Waals surface area contributed by atoms with Crippen LogP contribution in [0.15, 0.2) is 119 Å². The molecular weight excluding hydrogens is 452 g/mol. The average Bonchev–Trinajstić information content (AvgIpc) is 2.95. The van der Waals surface area contributed by atoms with Crippen LogP contribution in [0.25, 0.3) is 0 Å². The average molecular weight is 477 g/mol. The minimum atomic E-state index is -0.384. The highest BCUT2D eigenvalue weighted by Gasteiger charge is 2.16. The standard InChI is InChI=1S/C30H24N2O4/c1-35-30(34)25-18-16-22(17-19-25)21-36-27-15-9-8-14-26(27)20-31-32-28(23-10-4-2-5-11-23)29(33)24-12-6-3-7-13-24/h2-20H,21H2,1H3/b31-20+,32-28+. The lowest BCUT2D eigenvalue weighted by molar-refractivity contribution is 0.0600. The van der Waals surface area contributed by atoms with Crippen LogP contribution < -0.4 is 4.74 Å². The van der Waals surface area contributed by atoms with Crippen LogP contribution in [-0.4, -0.2) is 30.8 Å². The van der Waals surface area contributed by atoms with Crippen molar-refractivity contribution in [1.82, 2.24) is 0 Å². The quantitative estimate of drug-likeness (QED) is 0.133. The van der Waals surface area contributed by atoms with Gasteiger partial charge < -0.3 is 9.47 Å². The number of ketones is 1. The predicted molar refractivity (Wildman–Crippen MR) is 140 cm³/mol. The second-order valence-electron chi connectivity index (χ2n) is 7.77. The molecule has 0 aliphatic heterocycles. The van der Waals surface area contributed by atoms with Crippen LogP contribution in [0.5, 0.6) is 5.75 Å². The van der Waals surface area contributed by atoms with Gasteiger partial charge in [-0.15, -0.1) is 5.10 Å². The molecule has 0 unspecified atom stereocenters. The lowest BCUT2D eigenvalue weighted by atomic mass is 10.0. The van der Waals surface area contributed by atoms with Gasteiger partial charge >= 0.3 is 5.97 Å². The molecule has 4 aromatic rings. The first kappa shape index (κ1) is 24.3. The second-order valence-corrected chi connectivity index (χ2v) is 7.77. The summed E-state index contributed by atoms with van der Waals surface area (Å²) in [7, 11) is 1.35. The molecule has 0 radical (unpaired) electrons. The molecule has 0 atom stereocenters. The summed E-state index contributed by atoms with van der Waals surface area (Å²) in [6, 6.07) is 32.7. The topological polar surface area (TPSA) is 77.3 Å². The van der Waals surface area contributed by atoms with E-state index in [2.05, 4.69) is 10.2 Å². The van der Waals surface area contributed by atoms with Crippen molar-refractivity contribution in [3.63, 3.8) is 0 Å². The highest BCUT2D eigenvalue weighted by molar-refractivity contribution is 6.51. The van der Waals surface area contributed by atoms with Gasteiger partial charge in [0.15, 0.2) is 0 Å². The largest absolute Gasteiger partial charge is 0.488 e. The second kappa shape index (κ2) is 12.0. The van der Waals surface area contributed by atoms with Gasteiger partial charge in [-0.05, 0) is 29.8 Å². The van der Waals surface area contributed by atoms with Crippen LogP contribution in [0.2, 0.25) is 0 Å². The number of methoxy groups -OCH3 is 1. The van der Waals surface area contributed by atoms with E-state index in [1.165, 1.54) is 7.11 Å². The van der Waals surface area contributed by atoms with Gasteiger partial charge in [-0.1, -0.05) is 84.9 Å². The zero-order chi connectivity index (χ0) is 25.2. The summed E-state index contributed by atoms with van der Waals surface area (Å²) in [5.74, 6) is 0.0215. The number of benzene rings is 4. The van der Waals surface area contributed by atoms with E-state index in [1.54, 1.807) is 30.5 Å². The summed E-state index contributed by atoms with van der Waals surface area (Å²) in [5, 5.41) is 8.53. The number of Topliss-reactive ketones (excluding diaryl/α,β-unsaturated/α-hetero) is 1. The molecule has 0 aliphatic carbocycles. The zero-order valence-corrected chi connectivity index (χ0v) is 19.7. The Morgan fingerprint density at radius 3 is 2.00 bits per heavy atom. The Balaban J connectivity index is 1.53. The smallest absolute Gasteiger partial charge is 0.337 e. The van der Waals surface area contributed by atoms with Crippen LogP contribution >= 0.6 is 0 Å². The molecule has 6 heteroatoms. The van der Waals surface area contributed by atoms with E-state index in [0.29, 0.717) is 34.6 Å². The number of ether oxygens (including phenoxy) is 2. The lowest BCUT2D eigenvalue weighted by Gasteiger charge is -2.09. The Morgan fingerprint density at radius 2 is 1.33 bits per heavy atom. The van der Waals surface area contributed by atoms with E-state index >= 15 is 0 Å². The fourth-order valence-electron chi connectivity index (χ4n) is 3.44. The summed E-state index contributed by atoms with van der Waals surface area (Å²) >= 11 is 0. The number of hydrogen-bond donors (Lipinski definition) is 0. The Labute approximate surface area is 209 Å². The van der Waals surface area contributed by atoms with Crippen LogP contribution in [0, 0.1) is 0 Å². The molecule has 0 amide bonds. The number of carbonyl (C=O) groups is 2. The number of rotatable bonds is 9. The first-order valence-electron chi connectivity index (χ1n) is 11.3. The third-order valence-electron chi connectivity index (χ3n) is 5.34. The molecule has 4 aromatic carbocycles. The van der Waals surface area contributed by atoms with Crippen molar-refractivity contribution in [2.75, 3.05) is 7.11 Å². The first-order chi connectivity index (χ1) is 17.7. The summed E-state index contributed by atoms with van der Waals surface area (Å²) < 4.78 is 10.7. The summed E-state index contributed by atoms with van der Waals surface area (Å²) in [6.07, 6.45) is 1.57. The van der Waals surface area contributed by atoms with Gasteiger partial charge in [0.25, 0.3) is 0 Å². The molecule has 0 saturated heterocycles. The minimum absolute atomic E-state index is 0.209. The van der Waals surface area contributed by atoms with Gasteiger partial charge in [0.1, 0.15) is 18.1 Å². The third-order valence-corrected chi connectivity index (χ3v) is 5.34. The van der Waals surface area contributed by atoms with Crippen molar-refractivity contribution in [1.29, 1.82) is 0 Å². The highest BCUT2D eigenvalue weighted by Crippen LogP contribution is 2.18. The number of hydrogen-bond acceptors (Lipinski definition) is 6. The molecular formula is C30H24N2O4. The van der Waals surface area contributed by atoms with Gasteiger partial charge in [-0.3, -0.25) is 4.79 Å². The molecule has 178 valence electrons. The van der Waals surface area contributed by atoms with Crippen LogP contribution in [0.4, 0.5) is 0 Å². The van der Waals surface area contributed by atoms with Gasteiger partial charge in [-0.25, -0.2) is 4.79 Å². The zero-order valence-electron chi connectivity index (χ0n) is 19.7. The maximum atomic E-state index is 13.1. The van der Waals surface area contributed by atoms with Gasteiger partial charge in [-0.2, -0.15) is 5.10 Å². The molecule has 4 rings (SSSR count). The molecule has 0 saturated carbocycles. The molecule has 0 spiro atoms. The summed E-state index contributed by atoms with van der Waals surface area (Å²) in [4.78, 5) is 24.8. The van der Waals surface area contributed by atoms with E-state index in [4.69, 9.17) is 9.47 Å².